The fourth-order valence-electron chi connectivity index (χ4n) is 2.11. The van der Waals surface area contributed by atoms with Crippen LogP contribution in [0.4, 0.5) is 0 Å². The Kier molecular flexibility index (Phi) is 4.53. The molecule has 19 heavy (non-hydrogen) atoms. The molecule has 2 N–H and O–H groups in total. The largest absolute Gasteiger partial charge is 0.389 e. The molecule has 0 radical (unpaired) electrons. The second-order valence-electron chi connectivity index (χ2n) is 5.02. The molecule has 3 nitrogen and oxygen atoms in total. The first-order chi connectivity index (χ1) is 9.13. The summed E-state index contributed by atoms with van der Waals surface area (Å²) in [5.74, 6) is 0.130. The highest BCUT2D eigenvalue weighted by Gasteiger charge is 2.32. The molecule has 1 aromatic rings. The Morgan fingerprint density at radius 2 is 1.89 bits per heavy atom. The van der Waals surface area contributed by atoms with E-state index in [1.54, 1.807) is 0 Å². The molecule has 1 aromatic carbocycles. The molecule has 0 aromatic heterocycles. The number of carbonyl (C=O) groups is 1. The quantitative estimate of drug-likeness (QED) is 0.813. The molecular weight excluding hydrogens is 256 g/mol. The van der Waals surface area contributed by atoms with Gasteiger partial charge in [0.25, 0.3) is 5.91 Å². The molecule has 0 spiro atoms. The van der Waals surface area contributed by atoms with Crippen molar-refractivity contribution in [3.63, 3.8) is 0 Å². The Morgan fingerprint density at radius 1 is 1.32 bits per heavy atom. The standard InChI is InChI=1S/C15H20N2OS/c1-2-3-10-17(13-8-9-13)15(18)12-6-4-11(5-7-12)14(16)19/h4-7,13H,2-3,8-10H2,1H3,(H2,16,19). The number of carbonyl (C=O) groups excluding carboxylic acids is 1. The van der Waals surface area contributed by atoms with Crippen LogP contribution in [0.15, 0.2) is 24.3 Å². The minimum absolute atomic E-state index is 0.130. The zero-order valence-electron chi connectivity index (χ0n) is 11.3. The summed E-state index contributed by atoms with van der Waals surface area (Å²) < 4.78 is 0. The average molecular weight is 276 g/mol. The smallest absolute Gasteiger partial charge is 0.254 e. The number of hydrogen-bond donors (Lipinski definition) is 1. The van der Waals surface area contributed by atoms with Crippen molar-refractivity contribution in [2.75, 3.05) is 6.54 Å². The van der Waals surface area contributed by atoms with Gasteiger partial charge in [0.1, 0.15) is 4.99 Å². The fraction of sp³-hybridized carbons (Fsp3) is 0.467. The van der Waals surface area contributed by atoms with E-state index in [9.17, 15) is 4.79 Å². The van der Waals surface area contributed by atoms with Crippen LogP contribution in [0.3, 0.4) is 0 Å². The van der Waals surface area contributed by atoms with E-state index < -0.39 is 0 Å². The number of unbranched alkanes of at least 4 members (excludes halogenated alkanes) is 1. The van der Waals surface area contributed by atoms with Gasteiger partial charge in [0, 0.05) is 23.7 Å². The summed E-state index contributed by atoms with van der Waals surface area (Å²) >= 11 is 4.91. The minimum Gasteiger partial charge on any atom is -0.389 e. The molecule has 102 valence electrons. The maximum absolute atomic E-state index is 12.5. The van der Waals surface area contributed by atoms with Gasteiger partial charge in [-0.15, -0.1) is 0 Å². The Bertz CT molecular complexity index is 466. The van der Waals surface area contributed by atoms with Gasteiger partial charge in [0.05, 0.1) is 0 Å². The average Bonchev–Trinajstić information content (AvgIpc) is 3.23. The number of rotatable bonds is 6. The Balaban J connectivity index is 2.09. The van der Waals surface area contributed by atoms with Crippen LogP contribution in [0.25, 0.3) is 0 Å². The lowest BCUT2D eigenvalue weighted by molar-refractivity contribution is 0.0741. The zero-order valence-corrected chi connectivity index (χ0v) is 12.1. The molecule has 0 atom stereocenters. The molecule has 0 unspecified atom stereocenters. The molecule has 0 saturated heterocycles. The van der Waals surface area contributed by atoms with Crippen LogP contribution in [0.2, 0.25) is 0 Å². The van der Waals surface area contributed by atoms with Crippen LogP contribution in [-0.2, 0) is 0 Å². The first kappa shape index (κ1) is 14.0. The lowest BCUT2D eigenvalue weighted by atomic mass is 10.1. The van der Waals surface area contributed by atoms with Crippen LogP contribution < -0.4 is 5.73 Å². The van der Waals surface area contributed by atoms with Crippen molar-refractivity contribution >= 4 is 23.1 Å². The lowest BCUT2D eigenvalue weighted by Crippen LogP contribution is -2.34. The van der Waals surface area contributed by atoms with Crippen molar-refractivity contribution in [2.24, 2.45) is 5.73 Å². The predicted molar refractivity (Wildman–Crippen MR) is 81.3 cm³/mol. The fourth-order valence-corrected chi connectivity index (χ4v) is 2.24. The first-order valence-electron chi connectivity index (χ1n) is 6.84. The molecular formula is C15H20N2OS. The summed E-state index contributed by atoms with van der Waals surface area (Å²) in [6, 6.07) is 7.73. The van der Waals surface area contributed by atoms with Crippen LogP contribution in [-0.4, -0.2) is 28.4 Å². The molecule has 0 heterocycles. The van der Waals surface area contributed by atoms with Crippen LogP contribution in [0, 0.1) is 0 Å². The second-order valence-corrected chi connectivity index (χ2v) is 5.46. The summed E-state index contributed by atoms with van der Waals surface area (Å²) in [4.78, 5) is 14.9. The summed E-state index contributed by atoms with van der Waals surface area (Å²) in [6.45, 7) is 3.00. The van der Waals surface area contributed by atoms with Crippen molar-refractivity contribution in [3.05, 3.63) is 35.4 Å². The molecule has 0 bridgehead atoms. The highest BCUT2D eigenvalue weighted by molar-refractivity contribution is 7.80. The van der Waals surface area contributed by atoms with E-state index in [2.05, 4.69) is 6.92 Å². The number of nitrogens with zero attached hydrogens (tertiary/aromatic N) is 1. The Morgan fingerprint density at radius 3 is 2.37 bits per heavy atom. The highest BCUT2D eigenvalue weighted by atomic mass is 32.1. The van der Waals surface area contributed by atoms with E-state index in [4.69, 9.17) is 18.0 Å². The third-order valence-electron chi connectivity index (χ3n) is 3.42. The topological polar surface area (TPSA) is 46.3 Å². The molecule has 1 saturated carbocycles. The SMILES string of the molecule is CCCCN(C(=O)c1ccc(C(N)=S)cc1)C1CC1. The number of nitrogens with two attached hydrogens (primary N) is 1. The molecule has 4 heteroatoms. The maximum atomic E-state index is 12.5. The summed E-state index contributed by atoms with van der Waals surface area (Å²) in [7, 11) is 0. The number of hydrogen-bond acceptors (Lipinski definition) is 2. The Labute approximate surface area is 119 Å². The number of thiocarbonyl (C=S) groups is 1. The van der Waals surface area contributed by atoms with Gasteiger partial charge < -0.3 is 10.6 Å². The van der Waals surface area contributed by atoms with Gasteiger partial charge in [-0.05, 0) is 31.4 Å². The first-order valence-corrected chi connectivity index (χ1v) is 7.25. The highest BCUT2D eigenvalue weighted by Crippen LogP contribution is 2.28. The van der Waals surface area contributed by atoms with Gasteiger partial charge in [-0.2, -0.15) is 0 Å². The normalized spacial score (nSPS) is 14.2. The van der Waals surface area contributed by atoms with Crippen LogP contribution in [0.1, 0.15) is 48.5 Å². The van der Waals surface area contributed by atoms with Gasteiger partial charge in [-0.25, -0.2) is 0 Å². The van der Waals surface area contributed by atoms with Crippen molar-refractivity contribution < 1.29 is 4.79 Å². The van der Waals surface area contributed by atoms with Crippen LogP contribution >= 0.6 is 12.2 Å². The monoisotopic (exact) mass is 276 g/mol. The van der Waals surface area contributed by atoms with E-state index in [0.29, 0.717) is 11.0 Å². The molecule has 1 amide bonds. The van der Waals surface area contributed by atoms with Crippen molar-refractivity contribution in [3.8, 4) is 0 Å². The maximum Gasteiger partial charge on any atom is 0.254 e. The van der Waals surface area contributed by atoms with E-state index >= 15 is 0 Å². The van der Waals surface area contributed by atoms with Crippen molar-refractivity contribution in [1.29, 1.82) is 0 Å². The van der Waals surface area contributed by atoms with Crippen molar-refractivity contribution in [2.45, 2.75) is 38.6 Å². The molecule has 1 fully saturated rings. The van der Waals surface area contributed by atoms with E-state index in [1.165, 1.54) is 0 Å². The molecule has 1 aliphatic rings. The lowest BCUT2D eigenvalue weighted by Gasteiger charge is -2.22. The van der Waals surface area contributed by atoms with Gasteiger partial charge in [-0.3, -0.25) is 4.79 Å². The number of amides is 1. The van der Waals surface area contributed by atoms with Gasteiger partial charge in [-0.1, -0.05) is 37.7 Å². The minimum atomic E-state index is 0.130. The van der Waals surface area contributed by atoms with Gasteiger partial charge in [0.15, 0.2) is 0 Å². The molecule has 2 rings (SSSR count). The van der Waals surface area contributed by atoms with E-state index in [0.717, 1.165) is 43.4 Å². The second kappa shape index (κ2) is 6.15. The predicted octanol–water partition coefficient (Wildman–Crippen LogP) is 2.73. The molecule has 1 aliphatic carbocycles. The third kappa shape index (κ3) is 3.53. The zero-order chi connectivity index (χ0) is 13.8. The third-order valence-corrected chi connectivity index (χ3v) is 3.65. The summed E-state index contributed by atoms with van der Waals surface area (Å²) in [6.07, 6.45) is 4.45. The Hall–Kier alpha value is -1.42. The van der Waals surface area contributed by atoms with E-state index in [-0.39, 0.29) is 5.91 Å². The van der Waals surface area contributed by atoms with Gasteiger partial charge in [0.2, 0.25) is 0 Å². The number of benzene rings is 1. The van der Waals surface area contributed by atoms with Crippen LogP contribution in [0.5, 0.6) is 0 Å². The van der Waals surface area contributed by atoms with Crippen molar-refractivity contribution in [1.82, 2.24) is 4.90 Å². The summed E-state index contributed by atoms with van der Waals surface area (Å²) in [5, 5.41) is 0. The molecule has 0 aliphatic heterocycles. The van der Waals surface area contributed by atoms with Gasteiger partial charge >= 0.3 is 0 Å². The van der Waals surface area contributed by atoms with E-state index in [1.807, 2.05) is 29.2 Å². The summed E-state index contributed by atoms with van der Waals surface area (Å²) in [5.41, 5.74) is 7.09.